The molecule has 0 saturated carbocycles. The van der Waals surface area contributed by atoms with Crippen molar-refractivity contribution in [2.45, 2.75) is 19.8 Å². The molecule has 1 aliphatic heterocycles. The second-order valence-corrected chi connectivity index (χ2v) is 6.57. The third kappa shape index (κ3) is 4.79. The Bertz CT molecular complexity index is 791. The Balaban J connectivity index is 2.64. The van der Waals surface area contributed by atoms with Gasteiger partial charge in [0.25, 0.3) is 0 Å². The van der Waals surface area contributed by atoms with E-state index < -0.39 is 23.8 Å². The number of benzene rings is 1. The number of carbonyl (C=O) groups excluding carboxylic acids is 2. The van der Waals surface area contributed by atoms with Crippen LogP contribution < -0.4 is 5.73 Å². The molecular weight excluding hydrogens is 384 g/mol. The molecule has 1 aromatic carbocycles. The first-order chi connectivity index (χ1) is 13.5. The fourth-order valence-electron chi connectivity index (χ4n) is 3.26. The van der Waals surface area contributed by atoms with E-state index in [1.807, 2.05) is 0 Å². The zero-order valence-corrected chi connectivity index (χ0v) is 17.0. The predicted octanol–water partition coefficient (Wildman–Crippen LogP) is 2.48. The summed E-state index contributed by atoms with van der Waals surface area (Å²) in [7, 11) is 1.29. The van der Waals surface area contributed by atoms with Crippen LogP contribution in [0, 0.1) is 5.92 Å². The van der Waals surface area contributed by atoms with Crippen LogP contribution in [0.5, 0.6) is 0 Å². The first kappa shape index (κ1) is 22.1. The number of nitrogens with two attached hydrogens (primary N) is 1. The van der Waals surface area contributed by atoms with Gasteiger partial charge < -0.3 is 19.9 Å². The van der Waals surface area contributed by atoms with Gasteiger partial charge in [-0.1, -0.05) is 29.8 Å². The zero-order valence-electron chi connectivity index (χ0n) is 16.2. The van der Waals surface area contributed by atoms with Crippen molar-refractivity contribution in [3.63, 3.8) is 0 Å². The van der Waals surface area contributed by atoms with E-state index in [4.69, 9.17) is 31.5 Å². The van der Waals surface area contributed by atoms with Crippen molar-refractivity contribution in [3.05, 3.63) is 46.1 Å². The average molecular weight is 409 g/mol. The summed E-state index contributed by atoms with van der Waals surface area (Å²) in [4.78, 5) is 30.0. The minimum Gasteiger partial charge on any atom is -0.466 e. The normalized spacial score (nSPS) is 19.2. The van der Waals surface area contributed by atoms with Crippen LogP contribution in [0.4, 0.5) is 0 Å². The number of nitrogens with zero attached hydrogens (tertiary/aromatic N) is 1. The lowest BCUT2D eigenvalue weighted by molar-refractivity contribution is -0.146. The maximum Gasteiger partial charge on any atom is 0.336 e. The molecule has 0 bridgehead atoms. The molecular formula is C20H25ClN2O5. The number of hydrogen-bond acceptors (Lipinski definition) is 7. The largest absolute Gasteiger partial charge is 0.466 e. The van der Waals surface area contributed by atoms with Crippen molar-refractivity contribution >= 4 is 29.3 Å². The van der Waals surface area contributed by atoms with Crippen molar-refractivity contribution in [2.24, 2.45) is 16.6 Å². The van der Waals surface area contributed by atoms with Gasteiger partial charge in [0.05, 0.1) is 38.2 Å². The van der Waals surface area contributed by atoms with Gasteiger partial charge in [-0.15, -0.1) is 0 Å². The summed E-state index contributed by atoms with van der Waals surface area (Å²) >= 11 is 6.43. The van der Waals surface area contributed by atoms with E-state index >= 15 is 0 Å². The number of aliphatic imine (C=N–C) groups is 1. The van der Waals surface area contributed by atoms with Crippen molar-refractivity contribution in [1.29, 1.82) is 0 Å². The van der Waals surface area contributed by atoms with Gasteiger partial charge in [0.15, 0.2) is 0 Å². The number of esters is 2. The summed E-state index contributed by atoms with van der Waals surface area (Å²) in [6.45, 7) is 4.35. The van der Waals surface area contributed by atoms with Crippen LogP contribution in [0.15, 0.2) is 40.5 Å². The first-order valence-electron chi connectivity index (χ1n) is 9.01. The van der Waals surface area contributed by atoms with Gasteiger partial charge in [0.1, 0.15) is 5.92 Å². The van der Waals surface area contributed by atoms with Crippen LogP contribution in [0.2, 0.25) is 5.02 Å². The van der Waals surface area contributed by atoms with E-state index in [0.717, 1.165) is 0 Å². The monoisotopic (exact) mass is 408 g/mol. The minimum absolute atomic E-state index is 0.0907. The third-order valence-corrected chi connectivity index (χ3v) is 4.75. The molecule has 8 heteroatoms. The Morgan fingerprint density at radius 3 is 2.61 bits per heavy atom. The van der Waals surface area contributed by atoms with Crippen molar-refractivity contribution in [1.82, 2.24) is 0 Å². The lowest BCUT2D eigenvalue weighted by Crippen LogP contribution is -2.39. The highest BCUT2D eigenvalue weighted by atomic mass is 35.5. The maximum atomic E-state index is 12.9. The van der Waals surface area contributed by atoms with Gasteiger partial charge in [0, 0.05) is 23.2 Å². The molecule has 2 N–H and O–H groups in total. The van der Waals surface area contributed by atoms with E-state index in [1.54, 1.807) is 38.1 Å². The quantitative estimate of drug-likeness (QED) is 0.524. The molecule has 152 valence electrons. The Labute approximate surface area is 169 Å². The summed E-state index contributed by atoms with van der Waals surface area (Å²) in [6.07, 6.45) is 0. The van der Waals surface area contributed by atoms with Crippen molar-refractivity contribution in [3.8, 4) is 0 Å². The highest BCUT2D eigenvalue weighted by Gasteiger charge is 2.44. The van der Waals surface area contributed by atoms with Gasteiger partial charge in [-0.2, -0.15) is 0 Å². The number of ether oxygens (including phenoxy) is 3. The molecule has 0 amide bonds. The summed E-state index contributed by atoms with van der Waals surface area (Å²) in [5.74, 6) is -2.64. The van der Waals surface area contributed by atoms with Crippen molar-refractivity contribution < 1.29 is 23.8 Å². The number of carbonyl (C=O) groups is 2. The fraction of sp³-hybridized carbons (Fsp3) is 0.450. The number of hydrogen-bond donors (Lipinski definition) is 1. The highest BCUT2D eigenvalue weighted by molar-refractivity contribution is 6.31. The van der Waals surface area contributed by atoms with E-state index in [9.17, 15) is 9.59 Å². The summed E-state index contributed by atoms with van der Waals surface area (Å²) in [6, 6.07) is 7.06. The van der Waals surface area contributed by atoms with Gasteiger partial charge in [0.2, 0.25) is 0 Å². The molecule has 0 fully saturated rings. The SMILES string of the molecule is CCOC(=O)[C@H]1C(COCCN)=NC(C)=C(C(=O)OC)[C@@H]1c1ccccc1Cl. The van der Waals surface area contributed by atoms with Crippen LogP contribution in [-0.4, -0.2) is 51.1 Å². The van der Waals surface area contributed by atoms with Gasteiger partial charge in [-0.05, 0) is 25.5 Å². The lowest BCUT2D eigenvalue weighted by Gasteiger charge is -2.32. The van der Waals surface area contributed by atoms with Gasteiger partial charge in [-0.25, -0.2) is 4.79 Å². The van der Waals surface area contributed by atoms with Crippen LogP contribution in [0.25, 0.3) is 0 Å². The Hall–Kier alpha value is -2.22. The molecule has 1 aliphatic rings. The smallest absolute Gasteiger partial charge is 0.336 e. The number of rotatable bonds is 8. The fourth-order valence-corrected chi connectivity index (χ4v) is 3.52. The average Bonchev–Trinajstić information content (AvgIpc) is 2.67. The Morgan fingerprint density at radius 2 is 2.00 bits per heavy atom. The van der Waals surface area contributed by atoms with Gasteiger partial charge >= 0.3 is 11.9 Å². The molecule has 2 rings (SSSR count). The highest BCUT2D eigenvalue weighted by Crippen LogP contribution is 2.42. The van der Waals surface area contributed by atoms with E-state index in [-0.39, 0.29) is 18.8 Å². The minimum atomic E-state index is -0.865. The molecule has 0 aromatic heterocycles. The Morgan fingerprint density at radius 1 is 1.29 bits per heavy atom. The summed E-state index contributed by atoms with van der Waals surface area (Å²) < 4.78 is 15.8. The van der Waals surface area contributed by atoms with E-state index in [1.165, 1.54) is 7.11 Å². The molecule has 0 aliphatic carbocycles. The van der Waals surface area contributed by atoms with Crippen molar-refractivity contribution in [2.75, 3.05) is 33.5 Å². The standard InChI is InChI=1S/C20H25ClN2O5/c1-4-28-20(25)18-15(11-27-10-9-22)23-12(2)16(19(24)26-3)17(18)13-7-5-6-8-14(13)21/h5-8,17-18H,4,9-11,22H2,1-3H3/t17-,18-/m0/s1. The number of methoxy groups -OCH3 is 1. The molecule has 28 heavy (non-hydrogen) atoms. The van der Waals surface area contributed by atoms with E-state index in [0.29, 0.717) is 35.1 Å². The van der Waals surface area contributed by atoms with Crippen LogP contribution >= 0.6 is 11.6 Å². The molecule has 0 radical (unpaired) electrons. The maximum absolute atomic E-state index is 12.9. The Kier molecular flexibility index (Phi) is 8.17. The third-order valence-electron chi connectivity index (χ3n) is 4.40. The molecule has 1 heterocycles. The number of allylic oxidation sites excluding steroid dienone is 1. The molecule has 7 nitrogen and oxygen atoms in total. The molecule has 0 unspecified atom stereocenters. The summed E-state index contributed by atoms with van der Waals surface area (Å²) in [5, 5.41) is 0.431. The molecule has 0 saturated heterocycles. The van der Waals surface area contributed by atoms with Crippen LogP contribution in [0.3, 0.4) is 0 Å². The predicted molar refractivity (Wildman–Crippen MR) is 106 cm³/mol. The molecule has 0 spiro atoms. The van der Waals surface area contributed by atoms with Gasteiger partial charge in [-0.3, -0.25) is 9.79 Å². The summed E-state index contributed by atoms with van der Waals surface area (Å²) in [5.41, 5.74) is 7.29. The topological polar surface area (TPSA) is 100 Å². The number of halogens is 1. The molecule has 1 aromatic rings. The zero-order chi connectivity index (χ0) is 20.7. The van der Waals surface area contributed by atoms with Crippen LogP contribution in [-0.2, 0) is 23.8 Å². The lowest BCUT2D eigenvalue weighted by atomic mass is 9.75. The first-order valence-corrected chi connectivity index (χ1v) is 9.39. The van der Waals surface area contributed by atoms with Crippen LogP contribution in [0.1, 0.15) is 25.3 Å². The second-order valence-electron chi connectivity index (χ2n) is 6.16. The second kappa shape index (κ2) is 10.4. The van der Waals surface area contributed by atoms with E-state index in [2.05, 4.69) is 4.99 Å². The molecule has 2 atom stereocenters.